The van der Waals surface area contributed by atoms with Crippen molar-refractivity contribution in [1.82, 2.24) is 0 Å². The van der Waals surface area contributed by atoms with Gasteiger partial charge in [-0.3, -0.25) is 5.43 Å². The van der Waals surface area contributed by atoms with E-state index >= 15 is 0 Å². The number of ether oxygens (including phenoxy) is 2. The van der Waals surface area contributed by atoms with Crippen LogP contribution in [0.2, 0.25) is 5.02 Å². The smallest absolute Gasteiger partial charge is 0.416 e. The Balaban J connectivity index is 1.82. The highest BCUT2D eigenvalue weighted by atomic mass is 35.5. The zero-order valence-corrected chi connectivity index (χ0v) is 13.2. The molecule has 0 amide bonds. The third-order valence-corrected chi connectivity index (χ3v) is 3.76. The Morgan fingerprint density at radius 2 is 1.88 bits per heavy atom. The maximum atomic E-state index is 12.8. The highest BCUT2D eigenvalue weighted by Crippen LogP contribution is 2.34. The molecule has 0 radical (unpaired) electrons. The summed E-state index contributed by atoms with van der Waals surface area (Å²) >= 11 is 5.92. The Hall–Kier alpha value is -2.41. The molecular weight excluding hydrogens is 345 g/mol. The highest BCUT2D eigenvalue weighted by molar-refractivity contribution is 6.33. The lowest BCUT2D eigenvalue weighted by Crippen LogP contribution is -2.06. The van der Waals surface area contributed by atoms with Crippen LogP contribution in [0.15, 0.2) is 41.5 Å². The Labute approximate surface area is 140 Å². The first-order valence-electron chi connectivity index (χ1n) is 6.91. The molecule has 3 rings (SSSR count). The molecule has 2 aromatic rings. The highest BCUT2D eigenvalue weighted by Gasteiger charge is 2.30. The van der Waals surface area contributed by atoms with Crippen LogP contribution in [-0.4, -0.2) is 12.5 Å². The summed E-state index contributed by atoms with van der Waals surface area (Å²) in [6.45, 7) is 1.87. The van der Waals surface area contributed by atoms with Crippen molar-refractivity contribution in [3.8, 4) is 11.5 Å². The van der Waals surface area contributed by atoms with Crippen LogP contribution in [0, 0.1) is 0 Å². The van der Waals surface area contributed by atoms with E-state index in [1.807, 2.05) is 0 Å². The number of fused-ring (bicyclic) bond motifs is 1. The molecule has 1 N–H and O–H groups in total. The molecule has 0 fully saturated rings. The first-order valence-corrected chi connectivity index (χ1v) is 7.29. The minimum absolute atomic E-state index is 0.0755. The number of nitrogens with zero attached hydrogens (tertiary/aromatic N) is 1. The Bertz CT molecular complexity index is 806. The lowest BCUT2D eigenvalue weighted by atomic mass is 10.1. The van der Waals surface area contributed by atoms with Gasteiger partial charge in [-0.2, -0.15) is 18.3 Å². The molecular formula is C16H12ClF3N2O2. The number of anilines is 1. The monoisotopic (exact) mass is 356 g/mol. The van der Waals surface area contributed by atoms with Crippen molar-refractivity contribution < 1.29 is 22.6 Å². The van der Waals surface area contributed by atoms with Crippen LogP contribution >= 0.6 is 11.6 Å². The van der Waals surface area contributed by atoms with Crippen molar-refractivity contribution in [3.05, 3.63) is 52.5 Å². The molecule has 24 heavy (non-hydrogen) atoms. The third kappa shape index (κ3) is 3.41. The number of hydrogen-bond acceptors (Lipinski definition) is 4. The SMILES string of the molecule is CC(=NNc1cc(C(F)(F)F)ccc1Cl)c1ccc2c(c1)OCO2. The molecule has 0 saturated heterocycles. The molecule has 1 aliphatic heterocycles. The largest absolute Gasteiger partial charge is 0.454 e. The number of alkyl halides is 3. The second kappa shape index (κ2) is 6.24. The maximum absolute atomic E-state index is 12.8. The number of hydrogen-bond donors (Lipinski definition) is 1. The normalized spacial score (nSPS) is 14.0. The summed E-state index contributed by atoms with van der Waals surface area (Å²) in [7, 11) is 0. The van der Waals surface area contributed by atoms with Gasteiger partial charge in [0.1, 0.15) is 0 Å². The van der Waals surface area contributed by atoms with Gasteiger partial charge in [0.2, 0.25) is 6.79 Å². The Morgan fingerprint density at radius 3 is 2.62 bits per heavy atom. The minimum atomic E-state index is -4.45. The van der Waals surface area contributed by atoms with Crippen LogP contribution in [0.5, 0.6) is 11.5 Å². The molecule has 0 aromatic heterocycles. The van der Waals surface area contributed by atoms with Crippen LogP contribution < -0.4 is 14.9 Å². The van der Waals surface area contributed by atoms with Gasteiger partial charge in [-0.05, 0) is 43.3 Å². The lowest BCUT2D eigenvalue weighted by Gasteiger charge is -2.10. The molecule has 1 aliphatic rings. The molecule has 2 aromatic carbocycles. The fourth-order valence-electron chi connectivity index (χ4n) is 2.12. The molecule has 0 bridgehead atoms. The van der Waals surface area contributed by atoms with Crippen molar-refractivity contribution >= 4 is 23.0 Å². The number of benzene rings is 2. The van der Waals surface area contributed by atoms with Gasteiger partial charge in [0, 0.05) is 5.56 Å². The van der Waals surface area contributed by atoms with E-state index in [-0.39, 0.29) is 17.5 Å². The molecule has 0 spiro atoms. The summed E-state index contributed by atoms with van der Waals surface area (Å²) < 4.78 is 48.8. The van der Waals surface area contributed by atoms with E-state index in [0.717, 1.165) is 17.7 Å². The quantitative estimate of drug-likeness (QED) is 0.626. The molecule has 0 saturated carbocycles. The summed E-state index contributed by atoms with van der Waals surface area (Å²) in [5.41, 5.74) is 3.15. The maximum Gasteiger partial charge on any atom is 0.416 e. The lowest BCUT2D eigenvalue weighted by molar-refractivity contribution is -0.137. The van der Waals surface area contributed by atoms with Gasteiger partial charge >= 0.3 is 6.18 Å². The fourth-order valence-corrected chi connectivity index (χ4v) is 2.28. The van der Waals surface area contributed by atoms with Crippen LogP contribution in [0.4, 0.5) is 18.9 Å². The van der Waals surface area contributed by atoms with E-state index in [0.29, 0.717) is 17.2 Å². The zero-order valence-electron chi connectivity index (χ0n) is 12.4. The summed E-state index contributed by atoms with van der Waals surface area (Å²) in [5, 5.41) is 4.24. The Kier molecular flexibility index (Phi) is 4.28. The van der Waals surface area contributed by atoms with Gasteiger partial charge < -0.3 is 9.47 Å². The van der Waals surface area contributed by atoms with E-state index in [1.54, 1.807) is 25.1 Å². The number of hydrazone groups is 1. The summed E-state index contributed by atoms with van der Waals surface area (Å²) in [5.74, 6) is 1.24. The van der Waals surface area contributed by atoms with Crippen molar-refractivity contribution in [3.63, 3.8) is 0 Å². The van der Waals surface area contributed by atoms with Gasteiger partial charge in [0.15, 0.2) is 11.5 Å². The van der Waals surface area contributed by atoms with Crippen LogP contribution in [0.1, 0.15) is 18.1 Å². The third-order valence-electron chi connectivity index (χ3n) is 3.43. The van der Waals surface area contributed by atoms with E-state index < -0.39 is 11.7 Å². The number of nitrogens with one attached hydrogen (secondary N) is 1. The second-order valence-electron chi connectivity index (χ2n) is 5.07. The van der Waals surface area contributed by atoms with Crippen LogP contribution in [-0.2, 0) is 6.18 Å². The second-order valence-corrected chi connectivity index (χ2v) is 5.48. The topological polar surface area (TPSA) is 42.9 Å². The predicted molar refractivity (Wildman–Crippen MR) is 84.9 cm³/mol. The molecule has 1 heterocycles. The summed E-state index contributed by atoms with van der Waals surface area (Å²) in [6.07, 6.45) is -4.45. The average molecular weight is 357 g/mol. The number of halogens is 4. The first-order chi connectivity index (χ1) is 11.3. The minimum Gasteiger partial charge on any atom is -0.454 e. The van der Waals surface area contributed by atoms with Gasteiger partial charge in [0.25, 0.3) is 0 Å². The van der Waals surface area contributed by atoms with Crippen molar-refractivity contribution in [2.75, 3.05) is 12.2 Å². The van der Waals surface area contributed by atoms with Gasteiger partial charge in [0.05, 0.1) is 22.0 Å². The zero-order chi connectivity index (χ0) is 17.3. The van der Waals surface area contributed by atoms with E-state index in [9.17, 15) is 13.2 Å². The Morgan fingerprint density at radius 1 is 1.12 bits per heavy atom. The molecule has 126 valence electrons. The van der Waals surface area contributed by atoms with Gasteiger partial charge in [-0.1, -0.05) is 11.6 Å². The predicted octanol–water partition coefficient (Wildman–Crippen LogP) is 4.92. The number of rotatable bonds is 3. The van der Waals surface area contributed by atoms with E-state index in [4.69, 9.17) is 21.1 Å². The molecule has 0 atom stereocenters. The molecule has 4 nitrogen and oxygen atoms in total. The standard InChI is InChI=1S/C16H12ClF3N2O2/c1-9(10-2-5-14-15(6-10)24-8-23-14)21-22-13-7-11(16(18,19)20)3-4-12(13)17/h2-7,22H,8H2,1H3. The van der Waals surface area contributed by atoms with Gasteiger partial charge in [-0.15, -0.1) is 0 Å². The molecule has 0 aliphatic carbocycles. The summed E-state index contributed by atoms with van der Waals surface area (Å²) in [6, 6.07) is 8.28. The van der Waals surface area contributed by atoms with Crippen LogP contribution in [0.25, 0.3) is 0 Å². The van der Waals surface area contributed by atoms with Gasteiger partial charge in [-0.25, -0.2) is 0 Å². The van der Waals surface area contributed by atoms with Crippen LogP contribution in [0.3, 0.4) is 0 Å². The van der Waals surface area contributed by atoms with E-state index in [1.165, 1.54) is 6.07 Å². The van der Waals surface area contributed by atoms with Crippen molar-refractivity contribution in [1.29, 1.82) is 0 Å². The van der Waals surface area contributed by atoms with E-state index in [2.05, 4.69) is 10.5 Å². The van der Waals surface area contributed by atoms with Crippen molar-refractivity contribution in [2.24, 2.45) is 5.10 Å². The van der Waals surface area contributed by atoms with Crippen molar-refractivity contribution in [2.45, 2.75) is 13.1 Å². The molecule has 8 heteroatoms. The molecule has 0 unspecified atom stereocenters. The summed E-state index contributed by atoms with van der Waals surface area (Å²) in [4.78, 5) is 0. The average Bonchev–Trinajstić information content (AvgIpc) is 3.00. The first kappa shape index (κ1) is 16.4. The fraction of sp³-hybridized carbons (Fsp3) is 0.188.